The minimum atomic E-state index is -0.739. The number of rotatable bonds is 6. The SMILES string of the molecule is CC(C)CC(OCc1ccccc1)C(=O)OC(=O)N1CCNCC1. The quantitative estimate of drug-likeness (QED) is 0.638. The number of esters is 1. The highest BCUT2D eigenvalue weighted by Gasteiger charge is 2.27. The van der Waals surface area contributed by atoms with Gasteiger partial charge in [-0.1, -0.05) is 44.2 Å². The lowest BCUT2D eigenvalue weighted by molar-refractivity contribution is -0.153. The van der Waals surface area contributed by atoms with Gasteiger partial charge in [0.1, 0.15) is 0 Å². The molecule has 1 saturated heterocycles. The normalized spacial score (nSPS) is 16.0. The number of nitrogens with zero attached hydrogens (tertiary/aromatic N) is 1. The van der Waals surface area contributed by atoms with Crippen molar-refractivity contribution in [2.75, 3.05) is 26.2 Å². The zero-order valence-electron chi connectivity index (χ0n) is 14.4. The molecule has 1 aromatic rings. The van der Waals surface area contributed by atoms with E-state index in [1.165, 1.54) is 4.90 Å². The number of ether oxygens (including phenoxy) is 2. The molecule has 1 aromatic carbocycles. The van der Waals surface area contributed by atoms with Crippen LogP contribution in [0.25, 0.3) is 0 Å². The molecule has 0 aliphatic carbocycles. The largest absolute Gasteiger partial charge is 0.417 e. The summed E-state index contributed by atoms with van der Waals surface area (Å²) in [5.74, 6) is -0.351. The van der Waals surface area contributed by atoms with Gasteiger partial charge >= 0.3 is 12.1 Å². The molecule has 0 bridgehead atoms. The van der Waals surface area contributed by atoms with Crippen LogP contribution in [0.3, 0.4) is 0 Å². The van der Waals surface area contributed by atoms with Gasteiger partial charge < -0.3 is 19.7 Å². The first kappa shape index (κ1) is 18.4. The second-order valence-electron chi connectivity index (χ2n) is 6.34. The maximum atomic E-state index is 12.3. The first-order valence-electron chi connectivity index (χ1n) is 8.43. The number of carbonyl (C=O) groups is 2. The topological polar surface area (TPSA) is 67.9 Å². The Bertz CT molecular complexity index is 527. The minimum absolute atomic E-state index is 0.257. The van der Waals surface area contributed by atoms with Crippen molar-refractivity contribution in [2.45, 2.75) is 33.0 Å². The van der Waals surface area contributed by atoms with Gasteiger partial charge in [-0.15, -0.1) is 0 Å². The summed E-state index contributed by atoms with van der Waals surface area (Å²) in [5, 5.41) is 3.15. The van der Waals surface area contributed by atoms with Crippen molar-refractivity contribution in [2.24, 2.45) is 5.92 Å². The molecular weight excluding hydrogens is 308 g/mol. The van der Waals surface area contributed by atoms with E-state index in [1.54, 1.807) is 0 Å². The fraction of sp³-hybridized carbons (Fsp3) is 0.556. The number of hydrogen-bond donors (Lipinski definition) is 1. The third-order valence-electron chi connectivity index (χ3n) is 3.81. The van der Waals surface area contributed by atoms with Crippen molar-refractivity contribution in [3.63, 3.8) is 0 Å². The van der Waals surface area contributed by atoms with Crippen LogP contribution in [0.2, 0.25) is 0 Å². The fourth-order valence-electron chi connectivity index (χ4n) is 2.50. The number of benzene rings is 1. The molecule has 0 aromatic heterocycles. The number of amides is 1. The van der Waals surface area contributed by atoms with Crippen molar-refractivity contribution < 1.29 is 19.1 Å². The highest BCUT2D eigenvalue weighted by atomic mass is 16.6. The van der Waals surface area contributed by atoms with E-state index in [1.807, 2.05) is 44.2 Å². The van der Waals surface area contributed by atoms with Crippen molar-refractivity contribution in [1.29, 1.82) is 0 Å². The van der Waals surface area contributed by atoms with Gasteiger partial charge in [0.05, 0.1) is 6.61 Å². The van der Waals surface area contributed by atoms with E-state index in [9.17, 15) is 9.59 Å². The van der Waals surface area contributed by atoms with E-state index < -0.39 is 18.2 Å². The zero-order valence-corrected chi connectivity index (χ0v) is 14.4. The molecule has 1 heterocycles. The van der Waals surface area contributed by atoms with E-state index >= 15 is 0 Å². The Kier molecular flexibility index (Phi) is 7.21. The van der Waals surface area contributed by atoms with Crippen LogP contribution in [-0.4, -0.2) is 49.2 Å². The number of nitrogens with one attached hydrogen (secondary N) is 1. The molecule has 0 spiro atoms. The molecule has 1 aliphatic rings. The first-order valence-corrected chi connectivity index (χ1v) is 8.43. The van der Waals surface area contributed by atoms with Crippen LogP contribution < -0.4 is 5.32 Å². The predicted octanol–water partition coefficient (Wildman–Crippen LogP) is 2.19. The third kappa shape index (κ3) is 5.94. The predicted molar refractivity (Wildman–Crippen MR) is 90.4 cm³/mol. The minimum Gasteiger partial charge on any atom is -0.374 e. The Morgan fingerprint density at radius 1 is 1.17 bits per heavy atom. The molecule has 1 amide bonds. The van der Waals surface area contributed by atoms with Gasteiger partial charge in [0.2, 0.25) is 0 Å². The second kappa shape index (κ2) is 9.39. The molecule has 0 radical (unpaired) electrons. The van der Waals surface area contributed by atoms with Crippen molar-refractivity contribution >= 4 is 12.1 Å². The van der Waals surface area contributed by atoms with Gasteiger partial charge in [0.25, 0.3) is 0 Å². The van der Waals surface area contributed by atoms with Crippen molar-refractivity contribution in [3.05, 3.63) is 35.9 Å². The molecule has 24 heavy (non-hydrogen) atoms. The van der Waals surface area contributed by atoms with E-state index in [0.29, 0.717) is 39.2 Å². The second-order valence-corrected chi connectivity index (χ2v) is 6.34. The van der Waals surface area contributed by atoms with Crippen LogP contribution in [0.1, 0.15) is 25.8 Å². The highest BCUT2D eigenvalue weighted by Crippen LogP contribution is 2.14. The summed E-state index contributed by atoms with van der Waals surface area (Å²) in [6, 6.07) is 9.63. The number of piperazine rings is 1. The standard InChI is InChI=1S/C18H26N2O4/c1-14(2)12-16(23-13-15-6-4-3-5-7-15)17(21)24-18(22)20-10-8-19-9-11-20/h3-7,14,16,19H,8-13H2,1-2H3. The summed E-state index contributed by atoms with van der Waals surface area (Å²) in [6.45, 7) is 6.84. The smallest absolute Gasteiger partial charge is 0.374 e. The van der Waals surface area contributed by atoms with E-state index in [4.69, 9.17) is 9.47 Å². The summed E-state index contributed by atoms with van der Waals surface area (Å²) in [5.41, 5.74) is 0.979. The molecular formula is C18H26N2O4. The molecule has 1 N–H and O–H groups in total. The van der Waals surface area contributed by atoms with Gasteiger partial charge in [0.15, 0.2) is 6.10 Å². The Labute approximate surface area is 143 Å². The molecule has 0 saturated carbocycles. The maximum absolute atomic E-state index is 12.3. The Hall–Kier alpha value is -1.92. The van der Waals surface area contributed by atoms with E-state index in [-0.39, 0.29) is 5.92 Å². The lowest BCUT2D eigenvalue weighted by atomic mass is 10.1. The Morgan fingerprint density at radius 3 is 2.46 bits per heavy atom. The third-order valence-corrected chi connectivity index (χ3v) is 3.81. The van der Waals surface area contributed by atoms with Gasteiger partial charge in [-0.25, -0.2) is 9.59 Å². The fourth-order valence-corrected chi connectivity index (χ4v) is 2.50. The van der Waals surface area contributed by atoms with Gasteiger partial charge in [0, 0.05) is 26.2 Å². The summed E-state index contributed by atoms with van der Waals surface area (Å²) in [6.07, 6.45) is -0.809. The van der Waals surface area contributed by atoms with Gasteiger partial charge in [-0.05, 0) is 17.9 Å². The lowest BCUT2D eigenvalue weighted by Crippen LogP contribution is -2.47. The van der Waals surface area contributed by atoms with Crippen molar-refractivity contribution in [1.82, 2.24) is 10.2 Å². The number of carbonyl (C=O) groups excluding carboxylic acids is 2. The van der Waals surface area contributed by atoms with E-state index in [2.05, 4.69) is 5.32 Å². The molecule has 132 valence electrons. The number of hydrogen-bond acceptors (Lipinski definition) is 5. The monoisotopic (exact) mass is 334 g/mol. The Balaban J connectivity index is 1.90. The molecule has 1 fully saturated rings. The summed E-state index contributed by atoms with van der Waals surface area (Å²) >= 11 is 0. The van der Waals surface area contributed by atoms with Gasteiger partial charge in [-0.2, -0.15) is 0 Å². The zero-order chi connectivity index (χ0) is 17.4. The van der Waals surface area contributed by atoms with Crippen LogP contribution in [0.15, 0.2) is 30.3 Å². The van der Waals surface area contributed by atoms with Crippen LogP contribution in [-0.2, 0) is 20.9 Å². The van der Waals surface area contributed by atoms with Crippen molar-refractivity contribution in [3.8, 4) is 0 Å². The molecule has 1 atom stereocenters. The Morgan fingerprint density at radius 2 is 1.83 bits per heavy atom. The molecule has 1 aliphatic heterocycles. The average Bonchev–Trinajstić information content (AvgIpc) is 2.59. The summed E-state index contributed by atoms with van der Waals surface area (Å²) in [7, 11) is 0. The maximum Gasteiger partial charge on any atom is 0.417 e. The summed E-state index contributed by atoms with van der Waals surface area (Å²) < 4.78 is 10.8. The van der Waals surface area contributed by atoms with Crippen LogP contribution in [0, 0.1) is 5.92 Å². The van der Waals surface area contributed by atoms with Crippen LogP contribution in [0.4, 0.5) is 4.79 Å². The van der Waals surface area contributed by atoms with Crippen LogP contribution >= 0.6 is 0 Å². The van der Waals surface area contributed by atoms with Crippen LogP contribution in [0.5, 0.6) is 0 Å². The summed E-state index contributed by atoms with van der Waals surface area (Å²) in [4.78, 5) is 26.0. The average molecular weight is 334 g/mol. The van der Waals surface area contributed by atoms with Gasteiger partial charge in [-0.3, -0.25) is 0 Å². The highest BCUT2D eigenvalue weighted by molar-refractivity contribution is 5.87. The molecule has 2 rings (SSSR count). The van der Waals surface area contributed by atoms with E-state index in [0.717, 1.165) is 5.56 Å². The lowest BCUT2D eigenvalue weighted by Gasteiger charge is -2.27. The molecule has 6 nitrogen and oxygen atoms in total. The molecule has 6 heteroatoms. The first-order chi connectivity index (χ1) is 11.6. The molecule has 1 unspecified atom stereocenters.